The molecular formula is C12H18N2. The molecule has 14 heavy (non-hydrogen) atoms. The van der Waals surface area contributed by atoms with E-state index in [-0.39, 0.29) is 0 Å². The van der Waals surface area contributed by atoms with E-state index in [0.29, 0.717) is 23.9 Å². The maximum absolute atomic E-state index is 4.75. The minimum Gasteiger partial charge on any atom is -0.282 e. The number of fused-ring (bicyclic) bond motifs is 1. The lowest BCUT2D eigenvalue weighted by molar-refractivity contribution is 0.555. The lowest BCUT2D eigenvalue weighted by atomic mass is 9.83. The Kier molecular flexibility index (Phi) is 2.30. The number of nitrogens with zero attached hydrogens (tertiary/aromatic N) is 2. The maximum atomic E-state index is 4.75. The van der Waals surface area contributed by atoms with Crippen LogP contribution in [-0.4, -0.2) is 23.5 Å². The molecule has 0 fully saturated rings. The molecule has 2 rings (SSSR count). The van der Waals surface area contributed by atoms with Crippen LogP contribution in [0.5, 0.6) is 0 Å². The highest BCUT2D eigenvalue weighted by atomic mass is 15.0. The van der Waals surface area contributed by atoms with E-state index in [2.05, 4.69) is 44.8 Å². The fourth-order valence-electron chi connectivity index (χ4n) is 1.92. The number of aliphatic imine (C=N–C) groups is 2. The van der Waals surface area contributed by atoms with Crippen molar-refractivity contribution in [3.05, 3.63) is 12.2 Å². The van der Waals surface area contributed by atoms with Crippen molar-refractivity contribution in [1.29, 1.82) is 0 Å². The highest BCUT2D eigenvalue weighted by molar-refractivity contribution is 6.48. The summed E-state index contributed by atoms with van der Waals surface area (Å²) in [6, 6.07) is 0.675. The summed E-state index contributed by atoms with van der Waals surface area (Å²) in [6.07, 6.45) is 4.37. The van der Waals surface area contributed by atoms with Gasteiger partial charge in [0.1, 0.15) is 0 Å². The zero-order chi connectivity index (χ0) is 10.3. The van der Waals surface area contributed by atoms with Crippen LogP contribution in [0, 0.1) is 11.8 Å². The van der Waals surface area contributed by atoms with Gasteiger partial charge in [0.2, 0.25) is 0 Å². The first kappa shape index (κ1) is 9.63. The third kappa shape index (κ3) is 1.43. The molecule has 1 heterocycles. The van der Waals surface area contributed by atoms with Crippen molar-refractivity contribution in [2.24, 2.45) is 21.8 Å². The van der Waals surface area contributed by atoms with E-state index >= 15 is 0 Å². The van der Waals surface area contributed by atoms with Gasteiger partial charge in [0.15, 0.2) is 0 Å². The Balaban J connectivity index is 2.39. The lowest BCUT2D eigenvalue weighted by Crippen LogP contribution is -2.36. The second kappa shape index (κ2) is 3.34. The van der Waals surface area contributed by atoms with Crippen molar-refractivity contribution in [3.8, 4) is 0 Å². The van der Waals surface area contributed by atoms with E-state index < -0.39 is 0 Å². The summed E-state index contributed by atoms with van der Waals surface area (Å²) in [6.45, 7) is 8.76. The average molecular weight is 190 g/mol. The minimum absolute atomic E-state index is 0.332. The first-order valence-corrected chi connectivity index (χ1v) is 5.43. The summed E-state index contributed by atoms with van der Waals surface area (Å²) >= 11 is 0. The predicted octanol–water partition coefficient (Wildman–Crippen LogP) is 2.50. The van der Waals surface area contributed by atoms with Gasteiger partial charge in [-0.1, -0.05) is 19.9 Å². The second-order valence-electron chi connectivity index (χ2n) is 4.52. The summed E-state index contributed by atoms with van der Waals surface area (Å²) in [4.78, 5) is 9.42. The first-order valence-electron chi connectivity index (χ1n) is 5.43. The summed E-state index contributed by atoms with van der Waals surface area (Å²) < 4.78 is 0. The van der Waals surface area contributed by atoms with Crippen molar-refractivity contribution in [1.82, 2.24) is 0 Å². The van der Waals surface area contributed by atoms with Crippen LogP contribution in [0.25, 0.3) is 0 Å². The van der Waals surface area contributed by atoms with Gasteiger partial charge in [-0.2, -0.15) is 0 Å². The van der Waals surface area contributed by atoms with Gasteiger partial charge in [-0.05, 0) is 25.8 Å². The molecule has 2 nitrogen and oxygen atoms in total. The van der Waals surface area contributed by atoms with E-state index in [0.717, 1.165) is 5.71 Å². The van der Waals surface area contributed by atoms with Crippen molar-refractivity contribution in [2.75, 3.05) is 0 Å². The highest BCUT2D eigenvalue weighted by Gasteiger charge is 2.28. The number of hydrogen-bond acceptors (Lipinski definition) is 2. The van der Waals surface area contributed by atoms with Crippen LogP contribution in [0.2, 0.25) is 0 Å². The van der Waals surface area contributed by atoms with Crippen LogP contribution in [0.15, 0.2) is 22.1 Å². The van der Waals surface area contributed by atoms with Crippen LogP contribution in [-0.2, 0) is 0 Å². The van der Waals surface area contributed by atoms with Crippen LogP contribution in [0.3, 0.4) is 0 Å². The van der Waals surface area contributed by atoms with E-state index in [1.54, 1.807) is 0 Å². The van der Waals surface area contributed by atoms with E-state index in [4.69, 9.17) is 4.99 Å². The quantitative estimate of drug-likeness (QED) is 0.560. The molecule has 2 heteroatoms. The van der Waals surface area contributed by atoms with Crippen LogP contribution in [0.4, 0.5) is 0 Å². The van der Waals surface area contributed by atoms with Crippen LogP contribution < -0.4 is 0 Å². The summed E-state index contributed by atoms with van der Waals surface area (Å²) in [5, 5.41) is 0. The normalized spacial score (nSPS) is 41.4. The Bertz CT molecular complexity index is 325. The van der Waals surface area contributed by atoms with Gasteiger partial charge in [-0.15, -0.1) is 0 Å². The Morgan fingerprint density at radius 2 is 1.64 bits per heavy atom. The Morgan fingerprint density at radius 3 is 2.36 bits per heavy atom. The molecule has 0 aromatic rings. The largest absolute Gasteiger partial charge is 0.282 e. The molecule has 0 saturated carbocycles. The minimum atomic E-state index is 0.332. The molecule has 76 valence electrons. The average Bonchev–Trinajstić information content (AvgIpc) is 2.15. The Hall–Kier alpha value is -0.920. The van der Waals surface area contributed by atoms with Gasteiger partial charge in [0.05, 0.1) is 23.5 Å². The fourth-order valence-corrected chi connectivity index (χ4v) is 1.92. The van der Waals surface area contributed by atoms with Gasteiger partial charge in [-0.25, -0.2) is 0 Å². The smallest absolute Gasteiger partial charge is 0.0788 e. The molecule has 0 radical (unpaired) electrons. The van der Waals surface area contributed by atoms with Crippen LogP contribution >= 0.6 is 0 Å². The van der Waals surface area contributed by atoms with Crippen molar-refractivity contribution >= 4 is 11.4 Å². The Morgan fingerprint density at radius 1 is 1.00 bits per heavy atom. The number of hydrogen-bond donors (Lipinski definition) is 0. The standard InChI is InChI=1S/C12H18N2/c1-7-5-6-11-12(8(7)2)14-10(4)9(3)13-11/h5-10H,1-4H3/t7?,8-,9-,10?/m0/s1. The zero-order valence-electron chi connectivity index (χ0n) is 9.36. The van der Waals surface area contributed by atoms with Gasteiger partial charge in [-0.3, -0.25) is 9.98 Å². The zero-order valence-corrected chi connectivity index (χ0v) is 9.36. The van der Waals surface area contributed by atoms with Gasteiger partial charge in [0, 0.05) is 5.92 Å². The molecule has 0 spiro atoms. The van der Waals surface area contributed by atoms with E-state index in [9.17, 15) is 0 Å². The summed E-state index contributed by atoms with van der Waals surface area (Å²) in [5.74, 6) is 1.11. The molecule has 0 amide bonds. The van der Waals surface area contributed by atoms with E-state index in [1.165, 1.54) is 5.71 Å². The van der Waals surface area contributed by atoms with Crippen LogP contribution in [0.1, 0.15) is 27.7 Å². The van der Waals surface area contributed by atoms with Crippen molar-refractivity contribution in [2.45, 2.75) is 39.8 Å². The first-order chi connectivity index (χ1) is 6.59. The third-order valence-corrected chi connectivity index (χ3v) is 3.42. The SMILES string of the molecule is CC1N=C2C(=N[C@H]1C)C=CC(C)[C@@H]2C. The maximum Gasteiger partial charge on any atom is 0.0788 e. The summed E-state index contributed by atoms with van der Waals surface area (Å²) in [5.41, 5.74) is 2.33. The van der Waals surface area contributed by atoms with Gasteiger partial charge >= 0.3 is 0 Å². The van der Waals surface area contributed by atoms with Gasteiger partial charge < -0.3 is 0 Å². The molecule has 1 aliphatic carbocycles. The molecular weight excluding hydrogens is 172 g/mol. The molecule has 4 atom stereocenters. The number of allylic oxidation sites excluding steroid dienone is 2. The predicted molar refractivity (Wildman–Crippen MR) is 61.3 cm³/mol. The molecule has 0 bridgehead atoms. The Labute approximate surface area is 85.8 Å². The monoisotopic (exact) mass is 190 g/mol. The van der Waals surface area contributed by atoms with E-state index in [1.807, 2.05) is 0 Å². The number of rotatable bonds is 0. The molecule has 2 unspecified atom stereocenters. The molecule has 0 aromatic carbocycles. The van der Waals surface area contributed by atoms with Crippen molar-refractivity contribution < 1.29 is 0 Å². The third-order valence-electron chi connectivity index (χ3n) is 3.42. The molecule has 1 aliphatic heterocycles. The van der Waals surface area contributed by atoms with Crippen molar-refractivity contribution in [3.63, 3.8) is 0 Å². The molecule has 2 aliphatic rings. The topological polar surface area (TPSA) is 24.7 Å². The highest BCUT2D eigenvalue weighted by Crippen LogP contribution is 2.24. The molecule has 0 saturated heterocycles. The molecule has 0 N–H and O–H groups in total. The summed E-state index contributed by atoms with van der Waals surface area (Å²) in [7, 11) is 0. The fraction of sp³-hybridized carbons (Fsp3) is 0.667. The lowest BCUT2D eigenvalue weighted by Gasteiger charge is -2.30. The molecule has 0 aromatic heterocycles. The second-order valence-corrected chi connectivity index (χ2v) is 4.52. The van der Waals surface area contributed by atoms with Gasteiger partial charge in [0.25, 0.3) is 0 Å².